The van der Waals surface area contributed by atoms with Crippen LogP contribution in [-0.4, -0.2) is 30.4 Å². The highest BCUT2D eigenvalue weighted by atomic mass is 16.7. The van der Waals surface area contributed by atoms with Crippen molar-refractivity contribution in [1.82, 2.24) is 10.8 Å². The number of nitrogens with one attached hydrogen (secondary N) is 2. The summed E-state index contributed by atoms with van der Waals surface area (Å²) in [6.45, 7) is 8.44. The highest BCUT2D eigenvalue weighted by molar-refractivity contribution is 5.66. The van der Waals surface area contributed by atoms with Crippen LogP contribution in [0.15, 0.2) is 0 Å². The summed E-state index contributed by atoms with van der Waals surface area (Å²) in [6.07, 6.45) is 0.989. The van der Waals surface area contributed by atoms with E-state index in [0.717, 1.165) is 12.8 Å². The van der Waals surface area contributed by atoms with Crippen molar-refractivity contribution >= 4 is 6.09 Å². The van der Waals surface area contributed by atoms with Crippen LogP contribution in [0, 0.1) is 0 Å². The van der Waals surface area contributed by atoms with E-state index in [9.17, 15) is 4.79 Å². The smallest absolute Gasteiger partial charge is 0.431 e. The van der Waals surface area contributed by atoms with Crippen molar-refractivity contribution in [2.75, 3.05) is 7.11 Å². The van der Waals surface area contributed by atoms with Gasteiger partial charge in [0.25, 0.3) is 0 Å². The van der Waals surface area contributed by atoms with Crippen LogP contribution < -0.4 is 10.8 Å². The molecule has 0 aromatic rings. The van der Waals surface area contributed by atoms with E-state index < -0.39 is 6.09 Å². The van der Waals surface area contributed by atoms with Gasteiger partial charge < -0.3 is 10.1 Å². The number of carbonyl (C=O) groups excluding carboxylic acids is 1. The molecule has 1 heterocycles. The maximum absolute atomic E-state index is 11.3. The minimum absolute atomic E-state index is 0.0280. The zero-order valence-corrected chi connectivity index (χ0v) is 10.7. The molecule has 2 N–H and O–H groups in total. The third-order valence-electron chi connectivity index (χ3n) is 2.61. The molecule has 5 heteroatoms. The van der Waals surface area contributed by atoms with E-state index in [0.29, 0.717) is 0 Å². The molecule has 0 unspecified atom stereocenters. The van der Waals surface area contributed by atoms with E-state index in [1.807, 2.05) is 0 Å². The Morgan fingerprint density at radius 1 is 1.25 bits per heavy atom. The Hall–Kier alpha value is -0.810. The van der Waals surface area contributed by atoms with Gasteiger partial charge in [-0.3, -0.25) is 4.84 Å². The van der Waals surface area contributed by atoms with Crippen molar-refractivity contribution in [3.8, 4) is 0 Å². The number of piperidine rings is 1. The molecule has 0 saturated carbocycles. The fourth-order valence-electron chi connectivity index (χ4n) is 2.57. The second-order valence-electron chi connectivity index (χ2n) is 5.63. The van der Waals surface area contributed by atoms with Gasteiger partial charge in [0.2, 0.25) is 0 Å². The number of hydrogen-bond acceptors (Lipinski definition) is 4. The molecule has 1 rings (SSSR count). The molecule has 0 aromatic heterocycles. The normalized spacial score (nSPS) is 23.8. The lowest BCUT2D eigenvalue weighted by atomic mass is 9.81. The number of rotatable bonds is 2. The topological polar surface area (TPSA) is 59.6 Å². The Morgan fingerprint density at radius 3 is 2.19 bits per heavy atom. The van der Waals surface area contributed by atoms with Crippen LogP contribution in [0.1, 0.15) is 40.5 Å². The summed E-state index contributed by atoms with van der Waals surface area (Å²) in [5, 5.41) is 3.52. The molecule has 1 aliphatic heterocycles. The molecule has 1 fully saturated rings. The Morgan fingerprint density at radius 2 is 1.75 bits per heavy atom. The number of amides is 1. The van der Waals surface area contributed by atoms with Gasteiger partial charge in [0, 0.05) is 23.9 Å². The van der Waals surface area contributed by atoms with E-state index in [1.54, 1.807) is 0 Å². The summed E-state index contributed by atoms with van der Waals surface area (Å²) in [6, 6.07) is 0. The van der Waals surface area contributed by atoms with Crippen molar-refractivity contribution in [3.05, 3.63) is 0 Å². The molecular weight excluding hydrogens is 208 g/mol. The summed E-state index contributed by atoms with van der Waals surface area (Å²) < 4.78 is 5.29. The van der Waals surface area contributed by atoms with Crippen LogP contribution in [0.2, 0.25) is 0 Å². The Kier molecular flexibility index (Phi) is 3.80. The minimum Gasteiger partial charge on any atom is -0.445 e. The molecule has 0 aliphatic carbocycles. The maximum atomic E-state index is 11.3. The molecular formula is C11H22N2O3. The fourth-order valence-corrected chi connectivity index (χ4v) is 2.57. The van der Waals surface area contributed by atoms with Crippen LogP contribution in [-0.2, 0) is 9.57 Å². The van der Waals surface area contributed by atoms with Crippen LogP contribution >= 0.6 is 0 Å². The van der Waals surface area contributed by atoms with Crippen molar-refractivity contribution in [2.45, 2.75) is 57.7 Å². The van der Waals surface area contributed by atoms with Gasteiger partial charge in [-0.1, -0.05) is 0 Å². The van der Waals surface area contributed by atoms with Crippen molar-refractivity contribution in [3.63, 3.8) is 0 Å². The van der Waals surface area contributed by atoms with E-state index in [4.69, 9.17) is 4.74 Å². The SMILES string of the molecule is CONC(=O)OC1CC(C)(C)NC(C)(C)C1. The molecule has 94 valence electrons. The summed E-state index contributed by atoms with van der Waals surface area (Å²) >= 11 is 0. The minimum atomic E-state index is -0.527. The zero-order chi connectivity index (χ0) is 12.4. The first kappa shape index (κ1) is 13.3. The predicted molar refractivity (Wildman–Crippen MR) is 60.9 cm³/mol. The lowest BCUT2D eigenvalue weighted by Gasteiger charge is -2.45. The van der Waals surface area contributed by atoms with Crippen molar-refractivity contribution in [2.24, 2.45) is 0 Å². The summed E-state index contributed by atoms with van der Waals surface area (Å²) in [7, 11) is 1.39. The van der Waals surface area contributed by atoms with Crippen LogP contribution in [0.3, 0.4) is 0 Å². The Balaban J connectivity index is 2.57. The summed E-state index contributed by atoms with van der Waals surface area (Å²) in [4.78, 5) is 15.8. The second-order valence-corrected chi connectivity index (χ2v) is 5.63. The highest BCUT2D eigenvalue weighted by Crippen LogP contribution is 2.30. The molecule has 0 radical (unpaired) electrons. The monoisotopic (exact) mass is 230 g/mol. The first-order valence-corrected chi connectivity index (χ1v) is 5.53. The van der Waals surface area contributed by atoms with E-state index in [-0.39, 0.29) is 17.2 Å². The van der Waals surface area contributed by atoms with E-state index >= 15 is 0 Å². The van der Waals surface area contributed by atoms with Gasteiger partial charge >= 0.3 is 6.09 Å². The molecule has 0 spiro atoms. The highest BCUT2D eigenvalue weighted by Gasteiger charge is 2.39. The molecule has 0 atom stereocenters. The van der Waals surface area contributed by atoms with Gasteiger partial charge in [-0.15, -0.1) is 0 Å². The van der Waals surface area contributed by atoms with Crippen LogP contribution in [0.25, 0.3) is 0 Å². The van der Waals surface area contributed by atoms with Gasteiger partial charge in [-0.25, -0.2) is 4.79 Å². The van der Waals surface area contributed by atoms with Gasteiger partial charge in [0.1, 0.15) is 6.10 Å². The zero-order valence-electron chi connectivity index (χ0n) is 10.7. The van der Waals surface area contributed by atoms with Crippen molar-refractivity contribution in [1.29, 1.82) is 0 Å². The molecule has 1 aliphatic rings. The van der Waals surface area contributed by atoms with Crippen molar-refractivity contribution < 1.29 is 14.4 Å². The summed E-state index contributed by atoms with van der Waals surface area (Å²) in [5.41, 5.74) is 2.11. The molecule has 16 heavy (non-hydrogen) atoms. The number of hydroxylamine groups is 1. The molecule has 1 amide bonds. The average Bonchev–Trinajstić information content (AvgIpc) is 1.96. The lowest BCUT2D eigenvalue weighted by molar-refractivity contribution is -0.00605. The quantitative estimate of drug-likeness (QED) is 0.707. The third kappa shape index (κ3) is 3.98. The molecule has 1 saturated heterocycles. The van der Waals surface area contributed by atoms with Gasteiger partial charge in [-0.2, -0.15) is 5.48 Å². The number of hydrogen-bond donors (Lipinski definition) is 2. The molecule has 0 bridgehead atoms. The summed E-state index contributed by atoms with van der Waals surface area (Å²) in [5.74, 6) is 0. The Labute approximate surface area is 96.8 Å². The predicted octanol–water partition coefficient (Wildman–Crippen LogP) is 1.58. The average molecular weight is 230 g/mol. The molecule has 0 aromatic carbocycles. The van der Waals surface area contributed by atoms with E-state index in [2.05, 4.69) is 43.3 Å². The first-order valence-electron chi connectivity index (χ1n) is 5.53. The fraction of sp³-hybridized carbons (Fsp3) is 0.909. The number of ether oxygens (including phenoxy) is 1. The van der Waals surface area contributed by atoms with Crippen LogP contribution in [0.4, 0.5) is 4.79 Å². The standard InChI is InChI=1S/C11H22N2O3/c1-10(2)6-8(7-11(3,4)13-10)16-9(14)12-15-5/h8,13H,6-7H2,1-5H3,(H,12,14). The maximum Gasteiger partial charge on any atom is 0.431 e. The Bertz CT molecular complexity index is 248. The van der Waals surface area contributed by atoms with Gasteiger partial charge in [0.15, 0.2) is 0 Å². The first-order chi connectivity index (χ1) is 7.24. The van der Waals surface area contributed by atoms with E-state index in [1.165, 1.54) is 7.11 Å². The van der Waals surface area contributed by atoms with Gasteiger partial charge in [-0.05, 0) is 27.7 Å². The second kappa shape index (κ2) is 4.59. The number of carbonyl (C=O) groups is 1. The van der Waals surface area contributed by atoms with Crippen LogP contribution in [0.5, 0.6) is 0 Å². The third-order valence-corrected chi connectivity index (χ3v) is 2.61. The molecule has 5 nitrogen and oxygen atoms in total. The lowest BCUT2D eigenvalue weighted by Crippen LogP contribution is -2.60. The largest absolute Gasteiger partial charge is 0.445 e. The van der Waals surface area contributed by atoms with Gasteiger partial charge in [0.05, 0.1) is 7.11 Å².